The summed E-state index contributed by atoms with van der Waals surface area (Å²) >= 11 is 3.44. The van der Waals surface area contributed by atoms with E-state index in [0.29, 0.717) is 24.9 Å². The predicted molar refractivity (Wildman–Crippen MR) is 85.8 cm³/mol. The van der Waals surface area contributed by atoms with E-state index in [9.17, 15) is 4.79 Å². The van der Waals surface area contributed by atoms with Crippen LogP contribution >= 0.6 is 15.9 Å². The van der Waals surface area contributed by atoms with Gasteiger partial charge in [-0.1, -0.05) is 6.42 Å². The average Bonchev–Trinajstić information content (AvgIpc) is 3.13. The van der Waals surface area contributed by atoms with Gasteiger partial charge >= 0.3 is 0 Å². The van der Waals surface area contributed by atoms with Crippen molar-refractivity contribution in [1.29, 1.82) is 0 Å². The molecule has 0 saturated heterocycles. The number of halogens is 1. The fourth-order valence-electron chi connectivity index (χ4n) is 4.16. The first-order chi connectivity index (χ1) is 10.0. The van der Waals surface area contributed by atoms with E-state index in [1.165, 1.54) is 25.7 Å². The molecule has 116 valence electrons. The third kappa shape index (κ3) is 3.33. The monoisotopic (exact) mass is 353 g/mol. The summed E-state index contributed by atoms with van der Waals surface area (Å²) in [6.45, 7) is 4.78. The van der Waals surface area contributed by atoms with Gasteiger partial charge in [0.05, 0.1) is 10.2 Å². The van der Waals surface area contributed by atoms with Crippen LogP contribution in [0.2, 0.25) is 0 Å². The Morgan fingerprint density at radius 3 is 2.90 bits per heavy atom. The Morgan fingerprint density at radius 2 is 2.33 bits per heavy atom. The molecule has 2 aliphatic rings. The zero-order valence-electron chi connectivity index (χ0n) is 12.8. The molecule has 0 spiro atoms. The van der Waals surface area contributed by atoms with Crippen LogP contribution in [-0.2, 0) is 11.3 Å². The molecule has 1 N–H and O–H groups in total. The topological polar surface area (TPSA) is 46.9 Å². The zero-order chi connectivity index (χ0) is 15.0. The van der Waals surface area contributed by atoms with Crippen molar-refractivity contribution in [2.45, 2.75) is 58.5 Å². The molecule has 4 unspecified atom stereocenters. The van der Waals surface area contributed by atoms with E-state index >= 15 is 0 Å². The fourth-order valence-corrected chi connectivity index (χ4v) is 4.48. The van der Waals surface area contributed by atoms with E-state index in [4.69, 9.17) is 0 Å². The molecule has 1 aromatic heterocycles. The lowest BCUT2D eigenvalue weighted by atomic mass is 9.84. The molecule has 2 fully saturated rings. The normalized spacial score (nSPS) is 28.8. The van der Waals surface area contributed by atoms with Gasteiger partial charge in [0, 0.05) is 25.2 Å². The highest BCUT2D eigenvalue weighted by atomic mass is 79.9. The molecule has 0 radical (unpaired) electrons. The second-order valence-electron chi connectivity index (χ2n) is 6.77. The summed E-state index contributed by atoms with van der Waals surface area (Å²) < 4.78 is 2.83. The molecule has 1 amide bonds. The molecule has 5 heteroatoms. The van der Waals surface area contributed by atoms with Crippen molar-refractivity contribution in [3.8, 4) is 0 Å². The fraction of sp³-hybridized carbons (Fsp3) is 0.750. The van der Waals surface area contributed by atoms with Gasteiger partial charge in [0.1, 0.15) is 0 Å². The molecule has 0 aliphatic heterocycles. The second-order valence-corrected chi connectivity index (χ2v) is 7.62. The Bertz CT molecular complexity index is 508. The average molecular weight is 354 g/mol. The maximum absolute atomic E-state index is 12.1. The highest BCUT2D eigenvalue weighted by Gasteiger charge is 2.42. The molecule has 2 bridgehead atoms. The largest absolute Gasteiger partial charge is 0.353 e. The molecule has 2 aliphatic carbocycles. The van der Waals surface area contributed by atoms with E-state index in [2.05, 4.69) is 33.3 Å². The minimum absolute atomic E-state index is 0.148. The quantitative estimate of drug-likeness (QED) is 0.882. The van der Waals surface area contributed by atoms with E-state index < -0.39 is 0 Å². The van der Waals surface area contributed by atoms with Gasteiger partial charge in [-0.25, -0.2) is 0 Å². The van der Waals surface area contributed by atoms with Gasteiger partial charge in [-0.3, -0.25) is 9.48 Å². The molecule has 3 rings (SSSR count). The first-order valence-corrected chi connectivity index (χ1v) is 8.81. The predicted octanol–water partition coefficient (Wildman–Crippen LogP) is 3.29. The first-order valence-electron chi connectivity index (χ1n) is 8.02. The number of nitrogens with zero attached hydrogens (tertiary/aromatic N) is 2. The highest BCUT2D eigenvalue weighted by molar-refractivity contribution is 9.10. The summed E-state index contributed by atoms with van der Waals surface area (Å²) in [7, 11) is 0. The van der Waals surface area contributed by atoms with Crippen LogP contribution in [0.3, 0.4) is 0 Å². The van der Waals surface area contributed by atoms with E-state index in [1.54, 1.807) is 0 Å². The zero-order valence-corrected chi connectivity index (χ0v) is 14.4. The number of rotatable bonds is 5. The van der Waals surface area contributed by atoms with Crippen LogP contribution in [0.15, 0.2) is 10.7 Å². The van der Waals surface area contributed by atoms with Gasteiger partial charge in [-0.05, 0) is 66.8 Å². The molecule has 1 aromatic rings. The molecule has 4 nitrogen and oxygen atoms in total. The number of fused-ring (bicyclic) bond motifs is 2. The summed E-state index contributed by atoms with van der Waals surface area (Å²) in [5.74, 6) is 2.64. The minimum atomic E-state index is 0.148. The van der Waals surface area contributed by atoms with Crippen molar-refractivity contribution in [3.05, 3.63) is 16.4 Å². The lowest BCUT2D eigenvalue weighted by Gasteiger charge is -2.28. The maximum Gasteiger partial charge on any atom is 0.222 e. The van der Waals surface area contributed by atoms with Crippen LogP contribution in [0, 0.1) is 24.7 Å². The van der Waals surface area contributed by atoms with Crippen molar-refractivity contribution in [2.75, 3.05) is 0 Å². The minimum Gasteiger partial charge on any atom is -0.353 e. The Kier molecular flexibility index (Phi) is 4.38. The number of carbonyl (C=O) groups excluding carboxylic acids is 1. The Morgan fingerprint density at radius 1 is 1.52 bits per heavy atom. The van der Waals surface area contributed by atoms with Crippen LogP contribution < -0.4 is 5.32 Å². The third-order valence-corrected chi connectivity index (χ3v) is 6.06. The molecule has 0 aromatic carbocycles. The summed E-state index contributed by atoms with van der Waals surface area (Å²) in [6, 6.07) is 0.318. The molecule has 21 heavy (non-hydrogen) atoms. The Hall–Kier alpha value is -0.840. The van der Waals surface area contributed by atoms with Crippen molar-refractivity contribution in [3.63, 3.8) is 0 Å². The van der Waals surface area contributed by atoms with Crippen molar-refractivity contribution in [1.82, 2.24) is 15.1 Å². The Labute approximate surface area is 134 Å². The van der Waals surface area contributed by atoms with Crippen molar-refractivity contribution in [2.24, 2.45) is 17.8 Å². The number of hydrogen-bond donors (Lipinski definition) is 1. The van der Waals surface area contributed by atoms with Crippen LogP contribution in [-0.4, -0.2) is 21.7 Å². The van der Waals surface area contributed by atoms with Crippen molar-refractivity contribution >= 4 is 21.8 Å². The van der Waals surface area contributed by atoms with Gasteiger partial charge in [0.2, 0.25) is 5.91 Å². The number of hydrogen-bond acceptors (Lipinski definition) is 2. The number of carbonyl (C=O) groups is 1. The van der Waals surface area contributed by atoms with Gasteiger partial charge in [-0.2, -0.15) is 5.10 Å². The molecule has 2 saturated carbocycles. The van der Waals surface area contributed by atoms with Gasteiger partial charge in [0.25, 0.3) is 0 Å². The highest BCUT2D eigenvalue weighted by Crippen LogP contribution is 2.49. The van der Waals surface area contributed by atoms with E-state index in [0.717, 1.165) is 22.0 Å². The summed E-state index contributed by atoms with van der Waals surface area (Å²) in [5.41, 5.74) is 0.964. The summed E-state index contributed by atoms with van der Waals surface area (Å²) in [4.78, 5) is 12.1. The number of nitrogens with one attached hydrogen (secondary N) is 1. The standard InChI is InChI=1S/C16H24BrN3O/c1-10(14-8-12-3-4-13(14)7-12)18-16(21)5-6-20-9-15(17)11(2)19-20/h9-10,12-14H,3-8H2,1-2H3,(H,18,21). The Balaban J connectivity index is 1.45. The number of aromatic nitrogens is 2. The molecular formula is C16H24BrN3O. The molecule has 1 heterocycles. The van der Waals surface area contributed by atoms with Gasteiger partial charge < -0.3 is 5.32 Å². The van der Waals surface area contributed by atoms with Crippen molar-refractivity contribution < 1.29 is 4.79 Å². The van der Waals surface area contributed by atoms with Crippen LogP contribution in [0.5, 0.6) is 0 Å². The SMILES string of the molecule is Cc1nn(CCC(=O)NC(C)C2CC3CCC2C3)cc1Br. The lowest BCUT2D eigenvalue weighted by molar-refractivity contribution is -0.122. The molecule has 4 atom stereocenters. The van der Waals surface area contributed by atoms with Crippen LogP contribution in [0.1, 0.15) is 44.7 Å². The maximum atomic E-state index is 12.1. The number of aryl methyl sites for hydroxylation is 2. The smallest absolute Gasteiger partial charge is 0.222 e. The first kappa shape index (κ1) is 15.1. The van der Waals surface area contributed by atoms with Gasteiger partial charge in [-0.15, -0.1) is 0 Å². The number of amides is 1. The van der Waals surface area contributed by atoms with Crippen LogP contribution in [0.4, 0.5) is 0 Å². The van der Waals surface area contributed by atoms with E-state index in [1.807, 2.05) is 17.8 Å². The summed E-state index contributed by atoms with van der Waals surface area (Å²) in [6.07, 6.45) is 7.93. The third-order valence-electron chi connectivity index (χ3n) is 5.28. The molecular weight excluding hydrogens is 330 g/mol. The van der Waals surface area contributed by atoms with Gasteiger partial charge in [0.15, 0.2) is 0 Å². The van der Waals surface area contributed by atoms with E-state index in [-0.39, 0.29) is 5.91 Å². The summed E-state index contributed by atoms with van der Waals surface area (Å²) in [5, 5.41) is 7.57. The van der Waals surface area contributed by atoms with Crippen LogP contribution in [0.25, 0.3) is 0 Å². The second kappa shape index (κ2) is 6.11. The lowest BCUT2D eigenvalue weighted by Crippen LogP contribution is -2.40.